The first kappa shape index (κ1) is 32.2. The van der Waals surface area contributed by atoms with E-state index in [2.05, 4.69) is 26.5 Å². The summed E-state index contributed by atoms with van der Waals surface area (Å²) in [5.74, 6) is -2.47. The fraction of sp³-hybridized carbons (Fsp3) is 0.629. The predicted molar refractivity (Wildman–Crippen MR) is 176 cm³/mol. The molecule has 9 rings (SSSR count). The van der Waals surface area contributed by atoms with Crippen LogP contribution >= 0.6 is 0 Å². The van der Waals surface area contributed by atoms with Crippen molar-refractivity contribution < 1.29 is 17.2 Å². The van der Waals surface area contributed by atoms with Crippen molar-refractivity contribution in [3.8, 4) is 0 Å². The normalized spacial score (nSPS) is 26.5. The van der Waals surface area contributed by atoms with E-state index in [1.165, 1.54) is 6.42 Å². The van der Waals surface area contributed by atoms with Crippen LogP contribution in [-0.2, 0) is 22.2 Å². The molecule has 7 nitrogen and oxygen atoms in total. The number of sulfone groups is 1. The Labute approximate surface area is 266 Å². The molecule has 8 heterocycles. The van der Waals surface area contributed by atoms with Crippen LogP contribution in [0.3, 0.4) is 0 Å². The minimum atomic E-state index is -3.00. The zero-order chi connectivity index (χ0) is 31.6. The Hall–Kier alpha value is -2.72. The lowest BCUT2D eigenvalue weighted by Crippen LogP contribution is -2.40. The maximum absolute atomic E-state index is 15.9. The van der Waals surface area contributed by atoms with E-state index < -0.39 is 21.7 Å². The third-order valence-corrected chi connectivity index (χ3v) is 12.1. The molecule has 3 aromatic rings. The number of nitrogens with zero attached hydrogens (tertiary/aromatic N) is 4. The molecule has 1 aromatic carbocycles. The van der Waals surface area contributed by atoms with E-state index in [1.807, 2.05) is 19.9 Å². The second-order valence-corrected chi connectivity index (χ2v) is 15.9. The van der Waals surface area contributed by atoms with Crippen molar-refractivity contribution in [1.29, 1.82) is 0 Å². The highest BCUT2D eigenvalue weighted by Crippen LogP contribution is 2.42. The van der Waals surface area contributed by atoms with Gasteiger partial charge in [-0.3, -0.25) is 4.98 Å². The molecule has 0 amide bonds. The zero-order valence-corrected chi connectivity index (χ0v) is 27.5. The second kappa shape index (κ2) is 13.6. The number of piperidine rings is 1. The molecule has 2 aromatic heterocycles. The highest BCUT2D eigenvalue weighted by molar-refractivity contribution is 7.91. The third kappa shape index (κ3) is 7.32. The largest absolute Gasteiger partial charge is 0.361 e. The van der Waals surface area contributed by atoms with Crippen LogP contribution in [0, 0.1) is 12.8 Å². The molecule has 0 spiro atoms. The molecule has 2 saturated heterocycles. The predicted octanol–water partition coefficient (Wildman–Crippen LogP) is 7.50. The first-order valence-corrected chi connectivity index (χ1v) is 18.8. The Bertz CT molecular complexity index is 1590. The quantitative estimate of drug-likeness (QED) is 0.295. The van der Waals surface area contributed by atoms with Crippen LogP contribution in [0.2, 0.25) is 0 Å². The SMILES string of the molecule is Cc1nnc2c3cc(C4CCS(=O)(=O)CC4)c(nc13)CCCCCCCCN1CCC(CC1)C(F)(F)c1cccc(c1)[C@@H](C)N2. The number of alkyl halides is 2. The Morgan fingerprint density at radius 2 is 1.62 bits per heavy atom. The van der Waals surface area contributed by atoms with Crippen LogP contribution < -0.4 is 5.32 Å². The van der Waals surface area contributed by atoms with Crippen molar-refractivity contribution in [3.63, 3.8) is 0 Å². The summed E-state index contributed by atoms with van der Waals surface area (Å²) in [5, 5.41) is 13.3. The summed E-state index contributed by atoms with van der Waals surface area (Å²) in [4.78, 5) is 7.54. The number of aryl methyl sites for hydroxylation is 2. The van der Waals surface area contributed by atoms with Crippen molar-refractivity contribution in [1.82, 2.24) is 20.1 Å². The van der Waals surface area contributed by atoms with Gasteiger partial charge in [0.1, 0.15) is 9.84 Å². The highest BCUT2D eigenvalue weighted by atomic mass is 32.2. The number of aromatic nitrogens is 3. The number of halogens is 2. The average Bonchev–Trinajstić information content (AvgIpc) is 3.03. The molecule has 0 unspecified atom stereocenters. The van der Waals surface area contributed by atoms with Gasteiger partial charge in [-0.05, 0) is 108 Å². The first-order chi connectivity index (χ1) is 21.6. The number of pyridine rings is 1. The summed E-state index contributed by atoms with van der Waals surface area (Å²) < 4.78 is 56.3. The van der Waals surface area contributed by atoms with E-state index >= 15 is 8.78 Å². The molecular weight excluding hydrogens is 592 g/mol. The van der Waals surface area contributed by atoms with Gasteiger partial charge in [0.2, 0.25) is 0 Å². The van der Waals surface area contributed by atoms with Gasteiger partial charge in [-0.25, -0.2) is 17.2 Å². The summed E-state index contributed by atoms with van der Waals surface area (Å²) in [6.45, 7) is 6.33. The minimum Gasteiger partial charge on any atom is -0.361 e. The van der Waals surface area contributed by atoms with Crippen LogP contribution in [0.15, 0.2) is 30.3 Å². The summed E-state index contributed by atoms with van der Waals surface area (Å²) >= 11 is 0. The molecule has 0 aliphatic carbocycles. The van der Waals surface area contributed by atoms with Crippen molar-refractivity contribution in [3.05, 3.63) is 58.4 Å². The van der Waals surface area contributed by atoms with Crippen LogP contribution in [0.1, 0.15) is 111 Å². The van der Waals surface area contributed by atoms with E-state index in [1.54, 1.807) is 18.2 Å². The maximum atomic E-state index is 15.9. The van der Waals surface area contributed by atoms with Gasteiger partial charge in [-0.1, -0.05) is 43.9 Å². The Kier molecular flexibility index (Phi) is 9.71. The van der Waals surface area contributed by atoms with Gasteiger partial charge >= 0.3 is 0 Å². The molecule has 1 atom stereocenters. The molecule has 6 aliphatic heterocycles. The molecular formula is C35H47F2N5O2S. The molecule has 8 bridgehead atoms. The van der Waals surface area contributed by atoms with E-state index in [0.29, 0.717) is 31.5 Å². The topological polar surface area (TPSA) is 88.1 Å². The highest BCUT2D eigenvalue weighted by Gasteiger charge is 2.42. The smallest absolute Gasteiger partial charge is 0.276 e. The summed E-state index contributed by atoms with van der Waals surface area (Å²) in [6.07, 6.45) is 9.83. The molecule has 1 N–H and O–H groups in total. The molecule has 6 aliphatic rings. The lowest BCUT2D eigenvalue weighted by molar-refractivity contribution is -0.0855. The Morgan fingerprint density at radius 1 is 0.911 bits per heavy atom. The second-order valence-electron chi connectivity index (χ2n) is 13.6. The molecule has 10 heteroatoms. The minimum absolute atomic E-state index is 0.0752. The molecule has 2 fully saturated rings. The number of rotatable bonds is 1. The maximum Gasteiger partial charge on any atom is 0.276 e. The van der Waals surface area contributed by atoms with Crippen molar-refractivity contribution >= 4 is 26.6 Å². The molecule has 0 saturated carbocycles. The molecule has 45 heavy (non-hydrogen) atoms. The van der Waals surface area contributed by atoms with Gasteiger partial charge in [0.15, 0.2) is 5.82 Å². The van der Waals surface area contributed by atoms with Gasteiger partial charge in [0.25, 0.3) is 5.92 Å². The lowest BCUT2D eigenvalue weighted by atomic mass is 9.85. The van der Waals surface area contributed by atoms with Crippen molar-refractivity contribution in [2.45, 2.75) is 102 Å². The number of hydrogen-bond acceptors (Lipinski definition) is 7. The zero-order valence-electron chi connectivity index (χ0n) is 26.7. The Morgan fingerprint density at radius 3 is 2.38 bits per heavy atom. The monoisotopic (exact) mass is 639 g/mol. The van der Waals surface area contributed by atoms with Gasteiger partial charge in [0, 0.05) is 22.6 Å². The van der Waals surface area contributed by atoms with E-state index in [0.717, 1.165) is 91.6 Å². The third-order valence-electron chi connectivity index (χ3n) is 10.4. The van der Waals surface area contributed by atoms with Gasteiger partial charge in [0.05, 0.1) is 28.8 Å². The number of nitrogens with one attached hydrogen (secondary N) is 1. The Balaban J connectivity index is 1.36. The van der Waals surface area contributed by atoms with E-state index in [-0.39, 0.29) is 29.0 Å². The van der Waals surface area contributed by atoms with Crippen molar-refractivity contribution in [2.24, 2.45) is 5.92 Å². The van der Waals surface area contributed by atoms with E-state index in [9.17, 15) is 8.42 Å². The summed E-state index contributed by atoms with van der Waals surface area (Å²) in [5.41, 5.74) is 4.52. The summed E-state index contributed by atoms with van der Waals surface area (Å²) in [7, 11) is -3.00. The van der Waals surface area contributed by atoms with Gasteiger partial charge in [-0.2, -0.15) is 5.10 Å². The molecule has 0 radical (unpaired) electrons. The fourth-order valence-electron chi connectivity index (χ4n) is 7.50. The van der Waals surface area contributed by atoms with Gasteiger partial charge in [-0.15, -0.1) is 5.10 Å². The standard InChI is InChI=1S/C35H47F2N5O2S/c1-24-27-10-9-11-29(22-27)35(36,37)28-13-18-42(19-14-28)17-8-6-4-3-5-7-12-32-30(26-15-20-45(43,44)21-16-26)23-31-33(39-32)25(2)40-41-34(31)38-24/h9-11,22-24,26,28H,3-8,12-21H2,1-2H3,(H,38,41)/t24-/m1/s1. The van der Waals surface area contributed by atoms with Crippen molar-refractivity contribution in [2.75, 3.05) is 36.5 Å². The number of hydrogen-bond donors (Lipinski definition) is 1. The van der Waals surface area contributed by atoms with Crippen LogP contribution in [0.5, 0.6) is 0 Å². The van der Waals surface area contributed by atoms with E-state index in [4.69, 9.17) is 4.98 Å². The molecule has 244 valence electrons. The van der Waals surface area contributed by atoms with Crippen LogP contribution in [0.4, 0.5) is 14.6 Å². The lowest BCUT2D eigenvalue weighted by Gasteiger charge is -2.36. The number of benzene rings is 1. The van der Waals surface area contributed by atoms with Crippen LogP contribution in [-0.4, -0.2) is 59.6 Å². The van der Waals surface area contributed by atoms with Crippen LogP contribution in [0.25, 0.3) is 10.9 Å². The first-order valence-electron chi connectivity index (χ1n) is 16.9. The number of anilines is 1. The van der Waals surface area contributed by atoms with Gasteiger partial charge < -0.3 is 10.2 Å². The summed E-state index contributed by atoms with van der Waals surface area (Å²) in [6, 6.07) is 8.68. The average molecular weight is 640 g/mol. The fourth-order valence-corrected chi connectivity index (χ4v) is 9.00.